The van der Waals surface area contributed by atoms with E-state index >= 15 is 0 Å². The molecule has 0 bridgehead atoms. The molecule has 0 atom stereocenters. The predicted molar refractivity (Wildman–Crippen MR) is 76.6 cm³/mol. The quantitative estimate of drug-likeness (QED) is 0.871. The van der Waals surface area contributed by atoms with Gasteiger partial charge in [0.2, 0.25) is 0 Å². The van der Waals surface area contributed by atoms with Crippen LogP contribution in [0.4, 0.5) is 23.2 Å². The number of halogens is 4. The van der Waals surface area contributed by atoms with Gasteiger partial charge in [0, 0.05) is 18.8 Å². The van der Waals surface area contributed by atoms with Crippen molar-refractivity contribution in [3.63, 3.8) is 0 Å². The summed E-state index contributed by atoms with van der Waals surface area (Å²) in [5, 5.41) is 0. The maximum atomic E-state index is 14.0. The van der Waals surface area contributed by atoms with Crippen LogP contribution < -0.4 is 10.6 Å². The fourth-order valence-corrected chi connectivity index (χ4v) is 2.67. The van der Waals surface area contributed by atoms with Gasteiger partial charge in [-0.15, -0.1) is 0 Å². The number of rotatable bonds is 3. The lowest BCUT2D eigenvalue weighted by molar-refractivity contribution is 0.0970. The van der Waals surface area contributed by atoms with Crippen LogP contribution >= 0.6 is 0 Å². The highest BCUT2D eigenvalue weighted by Gasteiger charge is 2.32. The number of alkyl halides is 2. The molecule has 0 saturated carbocycles. The molecule has 24 heavy (non-hydrogen) atoms. The summed E-state index contributed by atoms with van der Waals surface area (Å²) in [6.45, 7) is -0.107. The number of hydrogen-bond acceptors (Lipinski definition) is 4. The van der Waals surface area contributed by atoms with Crippen molar-refractivity contribution in [2.24, 2.45) is 5.73 Å². The molecular weight excluding hydrogens is 328 g/mol. The van der Waals surface area contributed by atoms with Crippen molar-refractivity contribution >= 4 is 11.6 Å². The Balaban J connectivity index is 2.04. The minimum absolute atomic E-state index is 0.0306. The number of aromatic nitrogens is 2. The molecule has 2 N–H and O–H groups in total. The van der Waals surface area contributed by atoms with Gasteiger partial charge < -0.3 is 10.6 Å². The molecule has 1 aliphatic rings. The number of carbonyl (C=O) groups excluding carboxylic acids is 1. The molecule has 1 aromatic heterocycles. The molecule has 2 aromatic rings. The maximum absolute atomic E-state index is 14.0. The number of nitrogens with zero attached hydrogens (tertiary/aromatic N) is 3. The van der Waals surface area contributed by atoms with Crippen molar-refractivity contribution in [1.29, 1.82) is 0 Å². The van der Waals surface area contributed by atoms with Crippen molar-refractivity contribution in [2.45, 2.75) is 19.4 Å². The summed E-state index contributed by atoms with van der Waals surface area (Å²) < 4.78 is 53.7. The van der Waals surface area contributed by atoms with E-state index in [0.29, 0.717) is 11.6 Å². The molecule has 0 spiro atoms. The van der Waals surface area contributed by atoms with Crippen molar-refractivity contribution in [3.8, 4) is 0 Å². The summed E-state index contributed by atoms with van der Waals surface area (Å²) in [7, 11) is 0. The Morgan fingerprint density at radius 2 is 2.08 bits per heavy atom. The summed E-state index contributed by atoms with van der Waals surface area (Å²) in [5.41, 5.74) is 4.32. The third-order valence-corrected chi connectivity index (χ3v) is 3.71. The highest BCUT2D eigenvalue weighted by atomic mass is 19.3. The lowest BCUT2D eigenvalue weighted by Crippen LogP contribution is -2.31. The SMILES string of the molecule is NCc1ncc(C(=O)N2CCc3cc(F)cc(F)c32)c(C(F)F)n1. The molecule has 5 nitrogen and oxygen atoms in total. The molecule has 0 unspecified atom stereocenters. The van der Waals surface area contributed by atoms with E-state index in [4.69, 9.17) is 5.73 Å². The van der Waals surface area contributed by atoms with E-state index in [2.05, 4.69) is 9.97 Å². The van der Waals surface area contributed by atoms with Crippen LogP contribution in [0.5, 0.6) is 0 Å². The average molecular weight is 340 g/mol. The van der Waals surface area contributed by atoms with Crippen molar-refractivity contribution in [2.75, 3.05) is 11.4 Å². The molecule has 0 fully saturated rings. The lowest BCUT2D eigenvalue weighted by atomic mass is 10.1. The third-order valence-electron chi connectivity index (χ3n) is 3.71. The van der Waals surface area contributed by atoms with Crippen molar-refractivity contribution in [1.82, 2.24) is 9.97 Å². The zero-order valence-corrected chi connectivity index (χ0v) is 12.3. The van der Waals surface area contributed by atoms with Crippen LogP contribution in [0.25, 0.3) is 0 Å². The van der Waals surface area contributed by atoms with E-state index in [0.717, 1.165) is 17.2 Å². The monoisotopic (exact) mass is 340 g/mol. The van der Waals surface area contributed by atoms with Gasteiger partial charge in [0.1, 0.15) is 23.2 Å². The first kappa shape index (κ1) is 16.3. The van der Waals surface area contributed by atoms with Crippen LogP contribution in [0, 0.1) is 11.6 Å². The lowest BCUT2D eigenvalue weighted by Gasteiger charge is -2.19. The van der Waals surface area contributed by atoms with Crippen LogP contribution in [0.15, 0.2) is 18.3 Å². The number of nitrogens with two attached hydrogens (primary N) is 1. The molecule has 1 aromatic carbocycles. The smallest absolute Gasteiger partial charge is 0.281 e. The van der Waals surface area contributed by atoms with E-state index in [1.54, 1.807) is 0 Å². The van der Waals surface area contributed by atoms with Gasteiger partial charge in [-0.3, -0.25) is 4.79 Å². The summed E-state index contributed by atoms with van der Waals surface area (Å²) in [5.74, 6) is -2.58. The molecule has 1 aliphatic heterocycles. The van der Waals surface area contributed by atoms with Crippen LogP contribution in [-0.4, -0.2) is 22.4 Å². The van der Waals surface area contributed by atoms with E-state index in [1.807, 2.05) is 0 Å². The number of anilines is 1. The van der Waals surface area contributed by atoms with E-state index in [-0.39, 0.29) is 31.0 Å². The number of hydrogen-bond donors (Lipinski definition) is 1. The van der Waals surface area contributed by atoms with Gasteiger partial charge in [0.15, 0.2) is 0 Å². The Morgan fingerprint density at radius 1 is 1.33 bits per heavy atom. The van der Waals surface area contributed by atoms with Crippen LogP contribution in [0.3, 0.4) is 0 Å². The molecule has 1 amide bonds. The second-order valence-corrected chi connectivity index (χ2v) is 5.19. The zero-order valence-electron chi connectivity index (χ0n) is 12.3. The third kappa shape index (κ3) is 2.71. The standard InChI is InChI=1S/C15H12F4N4O/c16-8-3-7-1-2-23(13(7)10(17)4-8)15(24)9-6-21-11(5-20)22-12(9)14(18)19/h3-4,6,14H,1-2,5,20H2. The maximum Gasteiger partial charge on any atom is 0.281 e. The largest absolute Gasteiger partial charge is 0.324 e. The first-order valence-electron chi connectivity index (χ1n) is 7.06. The highest BCUT2D eigenvalue weighted by molar-refractivity contribution is 6.07. The number of amides is 1. The molecule has 2 heterocycles. The van der Waals surface area contributed by atoms with Gasteiger partial charge in [0.25, 0.3) is 12.3 Å². The van der Waals surface area contributed by atoms with Gasteiger partial charge in [-0.1, -0.05) is 0 Å². The van der Waals surface area contributed by atoms with Gasteiger partial charge in [-0.2, -0.15) is 0 Å². The van der Waals surface area contributed by atoms with E-state index < -0.39 is 35.2 Å². The molecule has 0 saturated heterocycles. The molecule has 126 valence electrons. The summed E-state index contributed by atoms with van der Waals surface area (Å²) in [6, 6.07) is 1.76. The summed E-state index contributed by atoms with van der Waals surface area (Å²) in [4.78, 5) is 20.9. The predicted octanol–water partition coefficient (Wildman–Crippen LogP) is 2.35. The number of benzene rings is 1. The van der Waals surface area contributed by atoms with Crippen LogP contribution in [-0.2, 0) is 13.0 Å². The highest BCUT2D eigenvalue weighted by Crippen LogP contribution is 2.34. The minimum atomic E-state index is -3.02. The molecule has 3 rings (SSSR count). The first-order chi connectivity index (χ1) is 11.4. The average Bonchev–Trinajstić information content (AvgIpc) is 2.97. The Labute approximate surface area is 134 Å². The van der Waals surface area contributed by atoms with Crippen LogP contribution in [0.2, 0.25) is 0 Å². The van der Waals surface area contributed by atoms with E-state index in [1.165, 1.54) is 0 Å². The Bertz CT molecular complexity index is 812. The molecule has 0 aliphatic carbocycles. The van der Waals surface area contributed by atoms with E-state index in [9.17, 15) is 22.4 Å². The van der Waals surface area contributed by atoms with Gasteiger partial charge >= 0.3 is 0 Å². The van der Waals surface area contributed by atoms with Gasteiger partial charge in [-0.05, 0) is 18.1 Å². The summed E-state index contributed by atoms with van der Waals surface area (Å²) >= 11 is 0. The Morgan fingerprint density at radius 3 is 2.75 bits per heavy atom. The van der Waals surface area contributed by atoms with Crippen molar-refractivity contribution < 1.29 is 22.4 Å². The van der Waals surface area contributed by atoms with Crippen molar-refractivity contribution in [3.05, 3.63) is 52.6 Å². The first-order valence-corrected chi connectivity index (χ1v) is 7.06. The molecule has 9 heteroatoms. The fraction of sp³-hybridized carbons (Fsp3) is 0.267. The second-order valence-electron chi connectivity index (χ2n) is 5.19. The number of carbonyl (C=O) groups is 1. The number of fused-ring (bicyclic) bond motifs is 1. The zero-order chi connectivity index (χ0) is 17.4. The second kappa shape index (κ2) is 6.16. The van der Waals surface area contributed by atoms with Crippen LogP contribution in [0.1, 0.15) is 33.9 Å². The Kier molecular flexibility index (Phi) is 4.18. The Hall–Kier alpha value is -2.55. The molecule has 0 radical (unpaired) electrons. The minimum Gasteiger partial charge on any atom is -0.324 e. The van der Waals surface area contributed by atoms with Gasteiger partial charge in [0.05, 0.1) is 17.8 Å². The summed E-state index contributed by atoms with van der Waals surface area (Å²) in [6.07, 6.45) is -1.84. The fourth-order valence-electron chi connectivity index (χ4n) is 2.67. The normalized spacial score (nSPS) is 13.5. The topological polar surface area (TPSA) is 72.1 Å². The molecular formula is C15H12F4N4O. The van der Waals surface area contributed by atoms with Gasteiger partial charge in [-0.25, -0.2) is 27.5 Å².